The van der Waals surface area contributed by atoms with E-state index in [-0.39, 0.29) is 11.8 Å². The first-order valence-electron chi connectivity index (χ1n) is 9.69. The highest BCUT2D eigenvalue weighted by Gasteiger charge is 2.26. The SMILES string of the molecule is O=C(Nc1sc2c(c1C(=O)Nc1ccc(Br)cc1)CCCCC2)c1ccccc1. The quantitative estimate of drug-likeness (QED) is 0.442. The number of carbonyl (C=O) groups is 2. The van der Waals surface area contributed by atoms with Crippen molar-refractivity contribution in [2.45, 2.75) is 32.1 Å². The Hall–Kier alpha value is -2.44. The second kappa shape index (κ2) is 8.93. The van der Waals surface area contributed by atoms with Crippen molar-refractivity contribution in [1.29, 1.82) is 0 Å². The van der Waals surface area contributed by atoms with Gasteiger partial charge in [0.15, 0.2) is 0 Å². The van der Waals surface area contributed by atoms with Crippen LogP contribution >= 0.6 is 27.3 Å². The summed E-state index contributed by atoms with van der Waals surface area (Å²) in [4.78, 5) is 27.2. The lowest BCUT2D eigenvalue weighted by atomic mass is 10.0. The average Bonchev–Trinajstić information content (AvgIpc) is 2.90. The molecule has 1 aromatic heterocycles. The molecule has 4 rings (SSSR count). The van der Waals surface area contributed by atoms with Crippen LogP contribution in [0.1, 0.15) is 50.4 Å². The highest BCUT2D eigenvalue weighted by atomic mass is 79.9. The minimum absolute atomic E-state index is 0.171. The summed E-state index contributed by atoms with van der Waals surface area (Å²) >= 11 is 4.95. The Morgan fingerprint density at radius 3 is 2.31 bits per heavy atom. The first kappa shape index (κ1) is 19.9. The van der Waals surface area contributed by atoms with Crippen LogP contribution in [0.3, 0.4) is 0 Å². The van der Waals surface area contributed by atoms with Crippen LogP contribution in [0.2, 0.25) is 0 Å². The number of halogens is 1. The zero-order valence-corrected chi connectivity index (χ0v) is 18.2. The maximum absolute atomic E-state index is 13.2. The van der Waals surface area contributed by atoms with Crippen molar-refractivity contribution in [3.8, 4) is 0 Å². The molecule has 0 atom stereocenters. The molecular weight excluding hydrogens is 448 g/mol. The third-order valence-electron chi connectivity index (χ3n) is 5.01. The van der Waals surface area contributed by atoms with Gasteiger partial charge in [-0.25, -0.2) is 0 Å². The molecule has 2 aromatic carbocycles. The van der Waals surface area contributed by atoms with Crippen molar-refractivity contribution in [1.82, 2.24) is 0 Å². The predicted octanol–water partition coefficient (Wildman–Crippen LogP) is 6.28. The fourth-order valence-electron chi connectivity index (χ4n) is 3.56. The number of fused-ring (bicyclic) bond motifs is 1. The molecule has 1 heterocycles. The lowest BCUT2D eigenvalue weighted by molar-refractivity contribution is 0.102. The van der Waals surface area contributed by atoms with Crippen LogP contribution in [0.4, 0.5) is 10.7 Å². The highest BCUT2D eigenvalue weighted by molar-refractivity contribution is 9.10. The number of amides is 2. The van der Waals surface area contributed by atoms with Crippen molar-refractivity contribution in [2.24, 2.45) is 0 Å². The highest BCUT2D eigenvalue weighted by Crippen LogP contribution is 2.38. The lowest BCUT2D eigenvalue weighted by Crippen LogP contribution is -2.18. The van der Waals surface area contributed by atoms with E-state index in [1.54, 1.807) is 12.1 Å². The third kappa shape index (κ3) is 4.60. The summed E-state index contributed by atoms with van der Waals surface area (Å²) < 4.78 is 0.954. The van der Waals surface area contributed by atoms with Crippen LogP contribution in [0, 0.1) is 0 Å². The number of nitrogens with one attached hydrogen (secondary N) is 2. The Balaban J connectivity index is 1.66. The van der Waals surface area contributed by atoms with Gasteiger partial charge in [0.05, 0.1) is 5.56 Å². The number of carbonyl (C=O) groups excluding carboxylic acids is 2. The van der Waals surface area contributed by atoms with E-state index in [0.29, 0.717) is 16.1 Å². The van der Waals surface area contributed by atoms with Crippen LogP contribution in [-0.4, -0.2) is 11.8 Å². The number of anilines is 2. The van der Waals surface area contributed by atoms with E-state index in [2.05, 4.69) is 26.6 Å². The van der Waals surface area contributed by atoms with E-state index < -0.39 is 0 Å². The van der Waals surface area contributed by atoms with Gasteiger partial charge < -0.3 is 10.6 Å². The van der Waals surface area contributed by atoms with Crippen molar-refractivity contribution in [2.75, 3.05) is 10.6 Å². The van der Waals surface area contributed by atoms with Gasteiger partial charge in [-0.15, -0.1) is 11.3 Å². The number of rotatable bonds is 4. The van der Waals surface area contributed by atoms with Crippen LogP contribution in [0.5, 0.6) is 0 Å². The normalized spacial score (nSPS) is 13.3. The van der Waals surface area contributed by atoms with Gasteiger partial charge in [0.1, 0.15) is 5.00 Å². The largest absolute Gasteiger partial charge is 0.322 e. The number of hydrogen-bond donors (Lipinski definition) is 2. The summed E-state index contributed by atoms with van der Waals surface area (Å²) in [6.45, 7) is 0. The second-order valence-corrected chi connectivity index (χ2v) is 9.07. The monoisotopic (exact) mass is 468 g/mol. The summed E-state index contributed by atoms with van der Waals surface area (Å²) in [5.74, 6) is -0.366. The summed E-state index contributed by atoms with van der Waals surface area (Å²) in [6, 6.07) is 16.6. The van der Waals surface area contributed by atoms with Crippen molar-refractivity contribution < 1.29 is 9.59 Å². The standard InChI is InChI=1S/C23H21BrN2O2S/c24-16-11-13-17(14-12-16)25-22(28)20-18-9-5-2-6-10-19(18)29-23(20)26-21(27)15-7-3-1-4-8-15/h1,3-4,7-8,11-14H,2,5-6,9-10H2,(H,25,28)(H,26,27). The molecule has 6 heteroatoms. The molecule has 0 unspecified atom stereocenters. The number of hydrogen-bond acceptors (Lipinski definition) is 3. The van der Waals surface area contributed by atoms with E-state index in [0.717, 1.165) is 41.4 Å². The van der Waals surface area contributed by atoms with Gasteiger partial charge in [0.2, 0.25) is 0 Å². The van der Waals surface area contributed by atoms with Gasteiger partial charge in [-0.1, -0.05) is 40.5 Å². The van der Waals surface area contributed by atoms with Crippen molar-refractivity contribution >= 4 is 49.8 Å². The molecule has 3 aromatic rings. The molecular formula is C23H21BrN2O2S. The summed E-state index contributed by atoms with van der Waals surface area (Å²) in [6.07, 6.45) is 5.18. The van der Waals surface area contributed by atoms with E-state index in [4.69, 9.17) is 0 Å². The van der Waals surface area contributed by atoms with Crippen LogP contribution in [-0.2, 0) is 12.8 Å². The minimum Gasteiger partial charge on any atom is -0.322 e. The molecule has 29 heavy (non-hydrogen) atoms. The Bertz CT molecular complexity index is 1030. The average molecular weight is 469 g/mol. The molecule has 2 amide bonds. The van der Waals surface area contributed by atoms with Gasteiger partial charge in [-0.2, -0.15) is 0 Å². The summed E-state index contributed by atoms with van der Waals surface area (Å²) in [5.41, 5.74) is 3.01. The number of aryl methyl sites for hydroxylation is 1. The molecule has 0 radical (unpaired) electrons. The van der Waals surface area contributed by atoms with Gasteiger partial charge in [0, 0.05) is 20.6 Å². The first-order chi connectivity index (χ1) is 14.1. The zero-order chi connectivity index (χ0) is 20.2. The van der Waals surface area contributed by atoms with Gasteiger partial charge >= 0.3 is 0 Å². The predicted molar refractivity (Wildman–Crippen MR) is 122 cm³/mol. The number of thiophene rings is 1. The second-order valence-electron chi connectivity index (χ2n) is 7.05. The molecule has 4 nitrogen and oxygen atoms in total. The Kier molecular flexibility index (Phi) is 6.11. The molecule has 0 fully saturated rings. The van der Waals surface area contributed by atoms with Crippen molar-refractivity contribution in [3.63, 3.8) is 0 Å². The molecule has 0 bridgehead atoms. The van der Waals surface area contributed by atoms with Gasteiger partial charge in [-0.05, 0) is 67.6 Å². The Morgan fingerprint density at radius 2 is 1.55 bits per heavy atom. The Morgan fingerprint density at radius 1 is 0.828 bits per heavy atom. The molecule has 0 saturated heterocycles. The summed E-state index contributed by atoms with van der Waals surface area (Å²) in [5, 5.41) is 6.62. The van der Waals surface area contributed by atoms with Gasteiger partial charge in [-0.3, -0.25) is 9.59 Å². The molecule has 0 spiro atoms. The van der Waals surface area contributed by atoms with E-state index >= 15 is 0 Å². The topological polar surface area (TPSA) is 58.2 Å². The molecule has 0 saturated carbocycles. The van der Waals surface area contributed by atoms with E-state index in [1.165, 1.54) is 22.6 Å². The molecule has 148 valence electrons. The zero-order valence-electron chi connectivity index (χ0n) is 15.8. The van der Waals surface area contributed by atoms with Crippen LogP contribution in [0.15, 0.2) is 59.1 Å². The van der Waals surface area contributed by atoms with E-state index in [9.17, 15) is 9.59 Å². The lowest BCUT2D eigenvalue weighted by Gasteiger charge is -2.10. The molecule has 2 N–H and O–H groups in total. The van der Waals surface area contributed by atoms with Crippen LogP contribution in [0.25, 0.3) is 0 Å². The van der Waals surface area contributed by atoms with Crippen molar-refractivity contribution in [3.05, 3.63) is 80.6 Å². The fourth-order valence-corrected chi connectivity index (χ4v) is 5.11. The van der Waals surface area contributed by atoms with Crippen LogP contribution < -0.4 is 10.6 Å². The fraction of sp³-hybridized carbons (Fsp3) is 0.217. The number of benzene rings is 2. The third-order valence-corrected chi connectivity index (χ3v) is 6.75. The minimum atomic E-state index is -0.195. The van der Waals surface area contributed by atoms with Gasteiger partial charge in [0.25, 0.3) is 11.8 Å². The molecule has 1 aliphatic carbocycles. The van der Waals surface area contributed by atoms with E-state index in [1.807, 2.05) is 42.5 Å². The summed E-state index contributed by atoms with van der Waals surface area (Å²) in [7, 11) is 0. The molecule has 1 aliphatic rings. The smallest absolute Gasteiger partial charge is 0.258 e. The molecule has 0 aliphatic heterocycles. The maximum Gasteiger partial charge on any atom is 0.258 e. The first-order valence-corrected chi connectivity index (χ1v) is 11.3. The Labute approximate surface area is 182 Å². The maximum atomic E-state index is 13.2.